The summed E-state index contributed by atoms with van der Waals surface area (Å²) in [6.45, 7) is 5.09. The van der Waals surface area contributed by atoms with Crippen LogP contribution < -0.4 is 10.1 Å². The van der Waals surface area contributed by atoms with Gasteiger partial charge in [-0.1, -0.05) is 17.7 Å². The maximum Gasteiger partial charge on any atom is 0.127 e. The molecule has 21 heavy (non-hydrogen) atoms. The third-order valence-electron chi connectivity index (χ3n) is 3.38. The molecule has 0 aliphatic carbocycles. The van der Waals surface area contributed by atoms with E-state index in [4.69, 9.17) is 4.74 Å². The summed E-state index contributed by atoms with van der Waals surface area (Å²) in [5, 5.41) is 13.6. The van der Waals surface area contributed by atoms with Crippen LogP contribution in [0, 0.1) is 13.8 Å². The lowest BCUT2D eigenvalue weighted by molar-refractivity contribution is 0.169. The Morgan fingerprint density at radius 1 is 1.29 bits per heavy atom. The molecule has 2 aromatic rings. The lowest BCUT2D eigenvalue weighted by Gasteiger charge is -2.18. The van der Waals surface area contributed by atoms with Crippen LogP contribution in [0.1, 0.15) is 28.5 Å². The number of aliphatic hydroxyl groups is 1. The molecule has 2 rings (SSSR count). The van der Waals surface area contributed by atoms with E-state index in [0.29, 0.717) is 13.1 Å². The van der Waals surface area contributed by atoms with Gasteiger partial charge in [-0.2, -0.15) is 0 Å². The van der Waals surface area contributed by atoms with Crippen molar-refractivity contribution >= 4 is 0 Å². The van der Waals surface area contributed by atoms with E-state index in [1.165, 1.54) is 0 Å². The van der Waals surface area contributed by atoms with Crippen LogP contribution in [0.2, 0.25) is 0 Å². The second-order valence-electron chi connectivity index (χ2n) is 5.17. The van der Waals surface area contributed by atoms with Gasteiger partial charge in [0.25, 0.3) is 0 Å². The molecule has 2 N–H and O–H groups in total. The molecule has 1 aromatic heterocycles. The normalized spacial score (nSPS) is 12.2. The molecule has 0 aliphatic rings. The Labute approximate surface area is 125 Å². The quantitative estimate of drug-likeness (QED) is 0.857. The Morgan fingerprint density at radius 3 is 2.76 bits per heavy atom. The number of nitrogens with one attached hydrogen (secondary N) is 1. The van der Waals surface area contributed by atoms with E-state index in [-0.39, 0.29) is 0 Å². The molecule has 0 radical (unpaired) electrons. The molecular weight excluding hydrogens is 264 g/mol. The average Bonchev–Trinajstić information content (AvgIpc) is 2.47. The fraction of sp³-hybridized carbons (Fsp3) is 0.353. The summed E-state index contributed by atoms with van der Waals surface area (Å²) in [6.07, 6.45) is 1.16. The second-order valence-corrected chi connectivity index (χ2v) is 5.17. The highest BCUT2D eigenvalue weighted by molar-refractivity contribution is 5.45. The van der Waals surface area contributed by atoms with Crippen molar-refractivity contribution in [2.24, 2.45) is 0 Å². The van der Waals surface area contributed by atoms with E-state index in [1.54, 1.807) is 13.3 Å². The minimum absolute atomic E-state index is 0.454. The topological polar surface area (TPSA) is 54.4 Å². The van der Waals surface area contributed by atoms with Gasteiger partial charge in [-0.05, 0) is 37.6 Å². The molecule has 0 amide bonds. The van der Waals surface area contributed by atoms with Crippen molar-refractivity contribution < 1.29 is 9.84 Å². The van der Waals surface area contributed by atoms with Gasteiger partial charge in [0.05, 0.1) is 18.9 Å². The van der Waals surface area contributed by atoms with Gasteiger partial charge in [0, 0.05) is 24.8 Å². The Kier molecular flexibility index (Phi) is 5.31. The van der Waals surface area contributed by atoms with Crippen molar-refractivity contribution in [1.82, 2.24) is 10.3 Å². The van der Waals surface area contributed by atoms with Crippen LogP contribution in [0.15, 0.2) is 36.5 Å². The van der Waals surface area contributed by atoms with Gasteiger partial charge in [-0.3, -0.25) is 4.98 Å². The molecule has 0 spiro atoms. The first kappa shape index (κ1) is 15.5. The molecule has 112 valence electrons. The molecular formula is C17H22N2O2. The van der Waals surface area contributed by atoms with Gasteiger partial charge < -0.3 is 15.2 Å². The maximum absolute atomic E-state index is 10.4. The minimum atomic E-state index is -0.609. The summed E-state index contributed by atoms with van der Waals surface area (Å²) in [4.78, 5) is 4.24. The zero-order valence-corrected chi connectivity index (χ0v) is 12.8. The molecule has 4 heteroatoms. The Hall–Kier alpha value is -1.91. The first-order chi connectivity index (χ1) is 10.1. The number of nitrogens with zero attached hydrogens (tertiary/aromatic N) is 1. The molecule has 0 bridgehead atoms. The van der Waals surface area contributed by atoms with E-state index in [9.17, 15) is 5.11 Å². The number of benzene rings is 1. The number of ether oxygens (including phenoxy) is 1. The van der Waals surface area contributed by atoms with Crippen LogP contribution in [0.5, 0.6) is 5.75 Å². The summed E-state index contributed by atoms with van der Waals surface area (Å²) < 4.78 is 5.42. The van der Waals surface area contributed by atoms with E-state index in [0.717, 1.165) is 28.1 Å². The lowest BCUT2D eigenvalue weighted by Crippen LogP contribution is -2.22. The van der Waals surface area contributed by atoms with Gasteiger partial charge >= 0.3 is 0 Å². The summed E-state index contributed by atoms with van der Waals surface area (Å²) in [7, 11) is 1.63. The maximum atomic E-state index is 10.4. The van der Waals surface area contributed by atoms with Crippen LogP contribution in [-0.4, -0.2) is 23.7 Å². The zero-order chi connectivity index (χ0) is 15.2. The molecule has 0 fully saturated rings. The smallest absolute Gasteiger partial charge is 0.127 e. The van der Waals surface area contributed by atoms with Crippen LogP contribution in [0.3, 0.4) is 0 Å². The van der Waals surface area contributed by atoms with Gasteiger partial charge in [0.2, 0.25) is 0 Å². The standard InChI is InChI=1S/C17H22N2O2/c1-12-8-13(2)17(21-3)15(9-12)16(20)11-18-10-14-6-4-5-7-19-14/h4-9,16,18,20H,10-11H2,1-3H3. The number of pyridine rings is 1. The number of hydrogen-bond donors (Lipinski definition) is 2. The third-order valence-corrected chi connectivity index (χ3v) is 3.38. The first-order valence-electron chi connectivity index (χ1n) is 7.05. The fourth-order valence-electron chi connectivity index (χ4n) is 2.46. The zero-order valence-electron chi connectivity index (χ0n) is 12.8. The summed E-state index contributed by atoms with van der Waals surface area (Å²) >= 11 is 0. The van der Waals surface area contributed by atoms with Crippen LogP contribution in [0.25, 0.3) is 0 Å². The third kappa shape index (κ3) is 4.03. The van der Waals surface area contributed by atoms with E-state index >= 15 is 0 Å². The van der Waals surface area contributed by atoms with Crippen molar-refractivity contribution in [3.63, 3.8) is 0 Å². The molecule has 4 nitrogen and oxygen atoms in total. The molecule has 0 saturated heterocycles. The fourth-order valence-corrected chi connectivity index (χ4v) is 2.46. The molecule has 0 saturated carbocycles. The predicted molar refractivity (Wildman–Crippen MR) is 83.4 cm³/mol. The van der Waals surface area contributed by atoms with Crippen molar-refractivity contribution in [3.05, 3.63) is 58.9 Å². The molecule has 0 aliphatic heterocycles. The molecule has 1 aromatic carbocycles. The monoisotopic (exact) mass is 286 g/mol. The predicted octanol–water partition coefficient (Wildman–Crippen LogP) is 2.53. The van der Waals surface area contributed by atoms with Crippen LogP contribution >= 0.6 is 0 Å². The van der Waals surface area contributed by atoms with E-state index in [2.05, 4.69) is 16.4 Å². The van der Waals surface area contributed by atoms with Gasteiger partial charge in [0.1, 0.15) is 5.75 Å². The highest BCUT2D eigenvalue weighted by Crippen LogP contribution is 2.29. The molecule has 1 atom stereocenters. The largest absolute Gasteiger partial charge is 0.496 e. The SMILES string of the molecule is COc1c(C)cc(C)cc1C(O)CNCc1ccccn1. The van der Waals surface area contributed by atoms with Crippen molar-refractivity contribution in [3.8, 4) is 5.75 Å². The van der Waals surface area contributed by atoms with Crippen molar-refractivity contribution in [2.45, 2.75) is 26.5 Å². The van der Waals surface area contributed by atoms with Crippen molar-refractivity contribution in [1.29, 1.82) is 0 Å². The van der Waals surface area contributed by atoms with Gasteiger partial charge in [-0.15, -0.1) is 0 Å². The Bertz CT molecular complexity index is 585. The highest BCUT2D eigenvalue weighted by atomic mass is 16.5. The van der Waals surface area contributed by atoms with E-state index in [1.807, 2.05) is 38.1 Å². The second kappa shape index (κ2) is 7.20. The highest BCUT2D eigenvalue weighted by Gasteiger charge is 2.15. The number of aryl methyl sites for hydroxylation is 2. The van der Waals surface area contributed by atoms with Crippen LogP contribution in [-0.2, 0) is 6.54 Å². The first-order valence-corrected chi connectivity index (χ1v) is 7.05. The number of aliphatic hydroxyl groups excluding tert-OH is 1. The number of aromatic nitrogens is 1. The minimum Gasteiger partial charge on any atom is -0.496 e. The van der Waals surface area contributed by atoms with E-state index < -0.39 is 6.10 Å². The summed E-state index contributed by atoms with van der Waals surface area (Å²) in [6, 6.07) is 9.82. The van der Waals surface area contributed by atoms with Crippen molar-refractivity contribution in [2.75, 3.05) is 13.7 Å². The number of rotatable bonds is 6. The number of hydrogen-bond acceptors (Lipinski definition) is 4. The number of methoxy groups -OCH3 is 1. The average molecular weight is 286 g/mol. The molecule has 1 heterocycles. The Balaban J connectivity index is 2.02. The Morgan fingerprint density at radius 2 is 2.10 bits per heavy atom. The van der Waals surface area contributed by atoms with Gasteiger partial charge in [-0.25, -0.2) is 0 Å². The summed E-state index contributed by atoms with van der Waals surface area (Å²) in [5.74, 6) is 0.757. The van der Waals surface area contributed by atoms with Crippen LogP contribution in [0.4, 0.5) is 0 Å². The lowest BCUT2D eigenvalue weighted by atomic mass is 10.0. The van der Waals surface area contributed by atoms with Gasteiger partial charge in [0.15, 0.2) is 0 Å². The molecule has 1 unspecified atom stereocenters. The summed E-state index contributed by atoms with van der Waals surface area (Å²) in [5.41, 5.74) is 3.93.